The lowest BCUT2D eigenvalue weighted by molar-refractivity contribution is 0.0996. The van der Waals surface area contributed by atoms with Crippen molar-refractivity contribution in [2.24, 2.45) is 5.73 Å². The van der Waals surface area contributed by atoms with Crippen molar-refractivity contribution in [3.8, 4) is 11.8 Å². The van der Waals surface area contributed by atoms with Crippen LogP contribution in [0.4, 0.5) is 5.69 Å². The minimum Gasteiger partial charge on any atom is -0.459 e. The lowest BCUT2D eigenvalue weighted by atomic mass is 10.2. The number of hydrogen-bond acceptors (Lipinski definition) is 3. The van der Waals surface area contributed by atoms with E-state index in [4.69, 9.17) is 10.2 Å². The van der Waals surface area contributed by atoms with Gasteiger partial charge in [0.15, 0.2) is 5.76 Å². The van der Waals surface area contributed by atoms with Gasteiger partial charge in [0.1, 0.15) is 0 Å². The summed E-state index contributed by atoms with van der Waals surface area (Å²) in [6.07, 6.45) is 1.45. The van der Waals surface area contributed by atoms with Gasteiger partial charge in [-0.1, -0.05) is 24.0 Å². The zero-order chi connectivity index (χ0) is 12.8. The van der Waals surface area contributed by atoms with E-state index in [2.05, 4.69) is 17.2 Å². The van der Waals surface area contributed by atoms with Crippen molar-refractivity contribution in [1.82, 2.24) is 0 Å². The van der Waals surface area contributed by atoms with Gasteiger partial charge in [0, 0.05) is 5.56 Å². The summed E-state index contributed by atoms with van der Waals surface area (Å²) in [4.78, 5) is 11.8. The Morgan fingerprint density at radius 3 is 2.83 bits per heavy atom. The Hall–Kier alpha value is -2.51. The first-order valence-electron chi connectivity index (χ1n) is 5.44. The van der Waals surface area contributed by atoms with Crippen molar-refractivity contribution in [2.45, 2.75) is 0 Å². The molecule has 0 atom stereocenters. The molecule has 0 bridgehead atoms. The molecular weight excluding hydrogens is 228 g/mol. The fourth-order valence-corrected chi connectivity index (χ4v) is 1.44. The average molecular weight is 240 g/mol. The molecule has 1 aromatic heterocycles. The van der Waals surface area contributed by atoms with Gasteiger partial charge in [-0.3, -0.25) is 4.79 Å². The normalized spacial score (nSPS) is 9.39. The predicted octanol–water partition coefficient (Wildman–Crippen LogP) is 1.84. The highest BCUT2D eigenvalue weighted by Gasteiger charge is 2.09. The van der Waals surface area contributed by atoms with Crippen LogP contribution < -0.4 is 11.1 Å². The molecule has 0 aliphatic heterocycles. The number of para-hydroxylation sites is 1. The number of benzene rings is 1. The molecule has 0 fully saturated rings. The van der Waals surface area contributed by atoms with Gasteiger partial charge in [0.05, 0.1) is 18.5 Å². The molecule has 4 heteroatoms. The number of carbonyl (C=O) groups excluding carboxylic acids is 1. The number of anilines is 1. The number of amides is 1. The summed E-state index contributed by atoms with van der Waals surface area (Å²) in [5, 5.41) is 2.75. The first-order valence-corrected chi connectivity index (χ1v) is 5.44. The zero-order valence-electron chi connectivity index (χ0n) is 9.64. The molecule has 1 aromatic carbocycles. The van der Waals surface area contributed by atoms with Crippen molar-refractivity contribution in [2.75, 3.05) is 11.9 Å². The van der Waals surface area contributed by atoms with Gasteiger partial charge in [0.25, 0.3) is 5.91 Å². The van der Waals surface area contributed by atoms with Crippen LogP contribution in [0.15, 0.2) is 47.1 Å². The summed E-state index contributed by atoms with van der Waals surface area (Å²) in [5.74, 6) is 5.62. The monoisotopic (exact) mass is 240 g/mol. The van der Waals surface area contributed by atoms with Crippen LogP contribution in [0.2, 0.25) is 0 Å². The largest absolute Gasteiger partial charge is 0.459 e. The highest BCUT2D eigenvalue weighted by Crippen LogP contribution is 2.15. The molecule has 0 aliphatic carbocycles. The maximum absolute atomic E-state index is 11.8. The molecule has 1 heterocycles. The fraction of sp³-hybridized carbons (Fsp3) is 0.0714. The molecular formula is C14H12N2O2. The van der Waals surface area contributed by atoms with Crippen molar-refractivity contribution in [1.29, 1.82) is 0 Å². The SMILES string of the molecule is NCC#Cc1ccccc1NC(=O)c1ccco1. The summed E-state index contributed by atoms with van der Waals surface area (Å²) in [5.41, 5.74) is 6.69. The van der Waals surface area contributed by atoms with E-state index in [1.165, 1.54) is 6.26 Å². The van der Waals surface area contributed by atoms with E-state index < -0.39 is 0 Å². The second-order valence-electron chi connectivity index (χ2n) is 3.48. The Morgan fingerprint density at radius 1 is 1.28 bits per heavy atom. The van der Waals surface area contributed by atoms with Crippen LogP contribution in [0.25, 0.3) is 0 Å². The molecule has 0 unspecified atom stereocenters. The van der Waals surface area contributed by atoms with Gasteiger partial charge in [-0.2, -0.15) is 0 Å². The second-order valence-corrected chi connectivity index (χ2v) is 3.48. The molecule has 0 saturated carbocycles. The second kappa shape index (κ2) is 5.71. The standard InChI is InChI=1S/C14H12N2O2/c15-9-3-6-11-5-1-2-7-12(11)16-14(17)13-8-4-10-18-13/h1-2,4-5,7-8,10H,9,15H2,(H,16,17). The number of rotatable bonds is 2. The molecule has 0 radical (unpaired) electrons. The molecule has 0 aliphatic rings. The minimum atomic E-state index is -0.304. The smallest absolute Gasteiger partial charge is 0.291 e. The van der Waals surface area contributed by atoms with Gasteiger partial charge in [0.2, 0.25) is 0 Å². The molecule has 4 nitrogen and oxygen atoms in total. The van der Waals surface area contributed by atoms with E-state index in [1.54, 1.807) is 18.2 Å². The summed E-state index contributed by atoms with van der Waals surface area (Å²) >= 11 is 0. The number of furan rings is 1. The van der Waals surface area contributed by atoms with Crippen LogP contribution in [0.5, 0.6) is 0 Å². The lowest BCUT2D eigenvalue weighted by Gasteiger charge is -2.05. The quantitative estimate of drug-likeness (QED) is 0.787. The number of nitrogens with one attached hydrogen (secondary N) is 1. The summed E-state index contributed by atoms with van der Waals surface area (Å²) in [7, 11) is 0. The van der Waals surface area contributed by atoms with Crippen LogP contribution in [0, 0.1) is 11.8 Å². The third-order valence-electron chi connectivity index (χ3n) is 2.25. The average Bonchev–Trinajstić information content (AvgIpc) is 2.91. The van der Waals surface area contributed by atoms with Crippen molar-refractivity contribution >= 4 is 11.6 Å². The maximum atomic E-state index is 11.8. The van der Waals surface area contributed by atoms with Gasteiger partial charge in [-0.25, -0.2) is 0 Å². The fourth-order valence-electron chi connectivity index (χ4n) is 1.44. The van der Waals surface area contributed by atoms with Gasteiger partial charge in [-0.05, 0) is 24.3 Å². The predicted molar refractivity (Wildman–Crippen MR) is 69.0 cm³/mol. The molecule has 2 rings (SSSR count). The Morgan fingerprint density at radius 2 is 2.11 bits per heavy atom. The van der Waals surface area contributed by atoms with Crippen molar-refractivity contribution < 1.29 is 9.21 Å². The van der Waals surface area contributed by atoms with Crippen LogP contribution in [0.3, 0.4) is 0 Å². The highest BCUT2D eigenvalue weighted by atomic mass is 16.3. The highest BCUT2D eigenvalue weighted by molar-refractivity contribution is 6.02. The number of carbonyl (C=O) groups is 1. The van der Waals surface area contributed by atoms with E-state index >= 15 is 0 Å². The molecule has 90 valence electrons. The van der Waals surface area contributed by atoms with E-state index in [0.717, 1.165) is 5.56 Å². The Kier molecular flexibility index (Phi) is 3.79. The van der Waals surface area contributed by atoms with Gasteiger partial charge in [-0.15, -0.1) is 0 Å². The Labute approximate surface area is 105 Å². The van der Waals surface area contributed by atoms with E-state index in [-0.39, 0.29) is 18.2 Å². The van der Waals surface area contributed by atoms with Crippen LogP contribution in [0.1, 0.15) is 16.1 Å². The lowest BCUT2D eigenvalue weighted by Crippen LogP contribution is -2.11. The van der Waals surface area contributed by atoms with E-state index in [0.29, 0.717) is 5.69 Å². The Balaban J connectivity index is 2.21. The van der Waals surface area contributed by atoms with Crippen LogP contribution >= 0.6 is 0 Å². The number of hydrogen-bond donors (Lipinski definition) is 2. The minimum absolute atomic E-state index is 0.261. The van der Waals surface area contributed by atoms with E-state index in [9.17, 15) is 4.79 Å². The molecule has 18 heavy (non-hydrogen) atoms. The first-order chi connectivity index (χ1) is 8.81. The van der Waals surface area contributed by atoms with E-state index in [1.807, 2.05) is 18.2 Å². The molecule has 3 N–H and O–H groups in total. The third kappa shape index (κ3) is 2.78. The van der Waals surface area contributed by atoms with Crippen LogP contribution in [-0.4, -0.2) is 12.5 Å². The summed E-state index contributed by atoms with van der Waals surface area (Å²) < 4.78 is 5.02. The molecule has 1 amide bonds. The third-order valence-corrected chi connectivity index (χ3v) is 2.25. The van der Waals surface area contributed by atoms with Crippen molar-refractivity contribution in [3.05, 3.63) is 54.0 Å². The van der Waals surface area contributed by atoms with Crippen molar-refractivity contribution in [3.63, 3.8) is 0 Å². The molecule has 0 spiro atoms. The first kappa shape index (κ1) is 12.0. The topological polar surface area (TPSA) is 68.3 Å². The van der Waals surface area contributed by atoms with Gasteiger partial charge < -0.3 is 15.5 Å². The van der Waals surface area contributed by atoms with Gasteiger partial charge >= 0.3 is 0 Å². The summed E-state index contributed by atoms with van der Waals surface area (Å²) in [6, 6.07) is 10.5. The number of nitrogens with two attached hydrogens (primary N) is 1. The van der Waals surface area contributed by atoms with Crippen LogP contribution in [-0.2, 0) is 0 Å². The zero-order valence-corrected chi connectivity index (χ0v) is 9.64. The maximum Gasteiger partial charge on any atom is 0.291 e. The summed E-state index contributed by atoms with van der Waals surface area (Å²) in [6.45, 7) is 0.278. The Bertz CT molecular complexity index is 592. The molecule has 0 saturated heterocycles. The molecule has 2 aromatic rings.